The number of amides is 1. The van der Waals surface area contributed by atoms with Crippen LogP contribution in [0.4, 0.5) is 0 Å². The third-order valence-electron chi connectivity index (χ3n) is 2.46. The van der Waals surface area contributed by atoms with Crippen LogP contribution in [0.1, 0.15) is 5.56 Å². The lowest BCUT2D eigenvalue weighted by Crippen LogP contribution is -2.22. The zero-order chi connectivity index (χ0) is 10.8. The molecule has 0 unspecified atom stereocenters. The molecule has 2 aromatic rings. The van der Waals surface area contributed by atoms with Gasteiger partial charge in [0.15, 0.2) is 0 Å². The first-order valence-electron chi connectivity index (χ1n) is 4.83. The van der Waals surface area contributed by atoms with Crippen molar-refractivity contribution in [2.24, 2.45) is 0 Å². The zero-order valence-corrected chi connectivity index (χ0v) is 8.66. The van der Waals surface area contributed by atoms with Crippen LogP contribution in [0.5, 0.6) is 0 Å². The number of fused-ring (bicyclic) bond motifs is 1. The van der Waals surface area contributed by atoms with Gasteiger partial charge in [-0.15, -0.1) is 0 Å². The fourth-order valence-electron chi connectivity index (χ4n) is 1.69. The predicted octanol–water partition coefficient (Wildman–Crippen LogP) is 1.57. The fraction of sp³-hybridized carbons (Fsp3) is 0.167. The molecule has 0 fully saturated rings. The number of aromatic nitrogens is 1. The Morgan fingerprint density at radius 1 is 1.47 bits per heavy atom. The third-order valence-corrected chi connectivity index (χ3v) is 2.46. The summed E-state index contributed by atoms with van der Waals surface area (Å²) in [5.41, 5.74) is 2.00. The first-order chi connectivity index (χ1) is 7.22. The number of hydrogen-bond acceptors (Lipinski definition) is 1. The van der Waals surface area contributed by atoms with Gasteiger partial charge < -0.3 is 9.88 Å². The maximum absolute atomic E-state index is 11.3. The van der Waals surface area contributed by atoms with Crippen molar-refractivity contribution in [3.63, 3.8) is 0 Å². The van der Waals surface area contributed by atoms with E-state index in [1.807, 2.05) is 35.0 Å². The molecule has 0 saturated heterocycles. The van der Waals surface area contributed by atoms with E-state index in [1.54, 1.807) is 7.05 Å². The van der Waals surface area contributed by atoms with Crippen molar-refractivity contribution in [3.05, 3.63) is 42.9 Å². The van der Waals surface area contributed by atoms with Crippen molar-refractivity contribution in [1.82, 2.24) is 9.88 Å². The van der Waals surface area contributed by atoms with E-state index in [9.17, 15) is 4.79 Å². The molecule has 2 rings (SSSR count). The molecule has 1 heterocycles. The molecule has 77 valence electrons. The number of para-hydroxylation sites is 1. The number of likely N-dealkylation sites (N-methyl/N-ethyl adjacent to an activating group) is 1. The summed E-state index contributed by atoms with van der Waals surface area (Å²) in [6, 6.07) is 7.94. The van der Waals surface area contributed by atoms with Gasteiger partial charge in [0.1, 0.15) is 6.54 Å². The summed E-state index contributed by atoms with van der Waals surface area (Å²) in [6.07, 6.45) is 1.90. The van der Waals surface area contributed by atoms with Gasteiger partial charge in [-0.3, -0.25) is 4.79 Å². The normalized spacial score (nSPS) is 10.5. The average molecular weight is 201 g/mol. The highest BCUT2D eigenvalue weighted by atomic mass is 16.1. The molecule has 0 aliphatic carbocycles. The Balaban J connectivity index is 2.48. The lowest BCUT2D eigenvalue weighted by Gasteiger charge is -2.03. The molecule has 0 aliphatic rings. The second-order valence-electron chi connectivity index (χ2n) is 3.47. The monoisotopic (exact) mass is 201 g/mol. The van der Waals surface area contributed by atoms with E-state index in [4.69, 9.17) is 0 Å². The maximum atomic E-state index is 11.3. The molecule has 1 radical (unpaired) electrons. The molecule has 1 aromatic heterocycles. The Morgan fingerprint density at radius 3 is 2.93 bits per heavy atom. The van der Waals surface area contributed by atoms with E-state index in [2.05, 4.69) is 12.2 Å². The second-order valence-corrected chi connectivity index (χ2v) is 3.47. The van der Waals surface area contributed by atoms with Crippen molar-refractivity contribution in [2.75, 3.05) is 7.05 Å². The first kappa shape index (κ1) is 9.77. The number of rotatable bonds is 2. The van der Waals surface area contributed by atoms with Gasteiger partial charge in [-0.05, 0) is 18.6 Å². The van der Waals surface area contributed by atoms with Gasteiger partial charge in [-0.1, -0.05) is 18.2 Å². The lowest BCUT2D eigenvalue weighted by molar-refractivity contribution is -0.121. The minimum absolute atomic E-state index is 0.00393. The Kier molecular flexibility index (Phi) is 2.46. The number of hydrogen-bond donors (Lipinski definition) is 1. The van der Waals surface area contributed by atoms with Crippen molar-refractivity contribution in [1.29, 1.82) is 0 Å². The van der Waals surface area contributed by atoms with E-state index in [-0.39, 0.29) is 5.91 Å². The highest BCUT2D eigenvalue weighted by Crippen LogP contribution is 2.19. The van der Waals surface area contributed by atoms with Gasteiger partial charge in [0.05, 0.1) is 0 Å². The first-order valence-corrected chi connectivity index (χ1v) is 4.83. The smallest absolute Gasteiger partial charge is 0.239 e. The molecule has 0 bridgehead atoms. The molecule has 0 atom stereocenters. The largest absolute Gasteiger partial charge is 0.358 e. The van der Waals surface area contributed by atoms with Crippen molar-refractivity contribution < 1.29 is 4.79 Å². The lowest BCUT2D eigenvalue weighted by atomic mass is 10.2. The Bertz CT molecular complexity index is 499. The van der Waals surface area contributed by atoms with Crippen LogP contribution in [0.3, 0.4) is 0 Å². The molecule has 1 N–H and O–H groups in total. The van der Waals surface area contributed by atoms with Crippen molar-refractivity contribution in [2.45, 2.75) is 6.54 Å². The Labute approximate surface area is 88.7 Å². The SMILES string of the molecule is [CH2]c1cn(CC(=O)NC)c2ccccc12. The third kappa shape index (κ3) is 1.73. The summed E-state index contributed by atoms with van der Waals surface area (Å²) in [4.78, 5) is 11.3. The molecule has 1 aromatic carbocycles. The van der Waals surface area contributed by atoms with Crippen LogP contribution >= 0.6 is 0 Å². The molecular formula is C12H13N2O. The van der Waals surface area contributed by atoms with Crippen LogP contribution in [0, 0.1) is 6.92 Å². The molecule has 3 nitrogen and oxygen atoms in total. The van der Waals surface area contributed by atoms with Crippen molar-refractivity contribution in [3.8, 4) is 0 Å². The fourth-order valence-corrected chi connectivity index (χ4v) is 1.69. The summed E-state index contributed by atoms with van der Waals surface area (Å²) < 4.78 is 1.91. The summed E-state index contributed by atoms with van der Waals surface area (Å²) >= 11 is 0. The average Bonchev–Trinajstić information content (AvgIpc) is 2.57. The summed E-state index contributed by atoms with van der Waals surface area (Å²) in [6.45, 7) is 4.29. The molecule has 0 saturated carbocycles. The van der Waals surface area contributed by atoms with Crippen LogP contribution < -0.4 is 5.32 Å². The van der Waals surface area contributed by atoms with E-state index in [0.29, 0.717) is 6.54 Å². The number of nitrogens with one attached hydrogen (secondary N) is 1. The van der Waals surface area contributed by atoms with Gasteiger partial charge in [-0.25, -0.2) is 0 Å². The highest BCUT2D eigenvalue weighted by Gasteiger charge is 2.06. The molecular weight excluding hydrogens is 188 g/mol. The number of nitrogens with zero attached hydrogens (tertiary/aromatic N) is 1. The van der Waals surface area contributed by atoms with Gasteiger partial charge >= 0.3 is 0 Å². The van der Waals surface area contributed by atoms with Crippen molar-refractivity contribution >= 4 is 16.8 Å². The Hall–Kier alpha value is -1.77. The topological polar surface area (TPSA) is 34.0 Å². The van der Waals surface area contributed by atoms with Crippen LogP contribution in [0.2, 0.25) is 0 Å². The van der Waals surface area contributed by atoms with E-state index in [0.717, 1.165) is 16.5 Å². The van der Waals surface area contributed by atoms with Gasteiger partial charge in [-0.2, -0.15) is 0 Å². The van der Waals surface area contributed by atoms with Gasteiger partial charge in [0.2, 0.25) is 5.91 Å². The second kappa shape index (κ2) is 3.77. The number of benzene rings is 1. The number of carbonyl (C=O) groups excluding carboxylic acids is 1. The quantitative estimate of drug-likeness (QED) is 0.786. The van der Waals surface area contributed by atoms with E-state index in [1.165, 1.54) is 0 Å². The predicted molar refractivity (Wildman–Crippen MR) is 60.5 cm³/mol. The van der Waals surface area contributed by atoms with Crippen LogP contribution in [0.25, 0.3) is 10.9 Å². The van der Waals surface area contributed by atoms with Gasteiger partial charge in [0, 0.05) is 24.1 Å². The summed E-state index contributed by atoms with van der Waals surface area (Å²) in [5.74, 6) is -0.00393. The molecule has 0 aliphatic heterocycles. The van der Waals surface area contributed by atoms with E-state index < -0.39 is 0 Å². The summed E-state index contributed by atoms with van der Waals surface area (Å²) in [7, 11) is 1.64. The molecule has 15 heavy (non-hydrogen) atoms. The van der Waals surface area contributed by atoms with E-state index >= 15 is 0 Å². The number of carbonyl (C=O) groups is 1. The highest BCUT2D eigenvalue weighted by molar-refractivity contribution is 5.86. The Morgan fingerprint density at radius 2 is 2.20 bits per heavy atom. The van der Waals surface area contributed by atoms with Crippen LogP contribution in [-0.4, -0.2) is 17.5 Å². The van der Waals surface area contributed by atoms with Gasteiger partial charge in [0.25, 0.3) is 0 Å². The maximum Gasteiger partial charge on any atom is 0.239 e. The zero-order valence-electron chi connectivity index (χ0n) is 8.66. The minimum atomic E-state index is -0.00393. The minimum Gasteiger partial charge on any atom is -0.358 e. The van der Waals surface area contributed by atoms with Crippen LogP contribution in [-0.2, 0) is 11.3 Å². The standard InChI is InChI=1S/C12H13N2O/c1-9-7-14(8-12(15)13-2)11-6-4-3-5-10(9)11/h3-7H,1,8H2,2H3,(H,13,15). The molecule has 3 heteroatoms. The summed E-state index contributed by atoms with van der Waals surface area (Å²) in [5, 5.41) is 3.71. The molecule has 0 spiro atoms. The van der Waals surface area contributed by atoms with Crippen LogP contribution in [0.15, 0.2) is 30.5 Å². The molecule has 1 amide bonds.